The van der Waals surface area contributed by atoms with E-state index in [0.29, 0.717) is 41.8 Å². The van der Waals surface area contributed by atoms with Crippen LogP contribution < -0.4 is 10.1 Å². The Kier molecular flexibility index (Phi) is 7.31. The van der Waals surface area contributed by atoms with Gasteiger partial charge in [-0.1, -0.05) is 17.4 Å². The van der Waals surface area contributed by atoms with Gasteiger partial charge in [-0.2, -0.15) is 0 Å². The van der Waals surface area contributed by atoms with E-state index in [0.717, 1.165) is 55.2 Å². The molecule has 0 spiro atoms. The van der Waals surface area contributed by atoms with Crippen molar-refractivity contribution in [3.8, 4) is 5.75 Å². The van der Waals surface area contributed by atoms with Crippen LogP contribution in [0.3, 0.4) is 0 Å². The van der Waals surface area contributed by atoms with Gasteiger partial charge in [0.05, 0.1) is 44.8 Å². The first-order chi connectivity index (χ1) is 16.7. The molecule has 180 valence electrons. The van der Waals surface area contributed by atoms with E-state index in [1.165, 1.54) is 11.3 Å². The minimum Gasteiger partial charge on any atom is -0.494 e. The summed E-state index contributed by atoms with van der Waals surface area (Å²) in [6.07, 6.45) is 2.30. The summed E-state index contributed by atoms with van der Waals surface area (Å²) in [6.45, 7) is 5.94. The van der Waals surface area contributed by atoms with Gasteiger partial charge in [-0.15, -0.1) is 0 Å². The summed E-state index contributed by atoms with van der Waals surface area (Å²) in [4.78, 5) is 24.5. The Morgan fingerprint density at radius 3 is 2.88 bits per heavy atom. The van der Waals surface area contributed by atoms with Crippen LogP contribution in [0, 0.1) is 0 Å². The van der Waals surface area contributed by atoms with Gasteiger partial charge >= 0.3 is 0 Å². The number of ether oxygens (including phenoxy) is 4. The first-order valence-electron chi connectivity index (χ1n) is 11.4. The maximum Gasteiger partial charge on any atom is 0.257 e. The highest BCUT2D eigenvalue weighted by atomic mass is 32.1. The topological polar surface area (TPSA) is 95.0 Å². The fraction of sp³-hybridized carbons (Fsp3) is 0.458. The van der Waals surface area contributed by atoms with Crippen molar-refractivity contribution in [3.63, 3.8) is 0 Å². The fourth-order valence-electron chi connectivity index (χ4n) is 4.16. The Hall–Kier alpha value is -2.63. The number of nitrogens with one attached hydrogen (secondary N) is 1. The summed E-state index contributed by atoms with van der Waals surface area (Å²) in [5.41, 5.74) is 3.14. The molecule has 2 aliphatic heterocycles. The van der Waals surface area contributed by atoms with E-state index in [4.69, 9.17) is 18.9 Å². The normalized spacial score (nSPS) is 19.3. The number of carbonyl (C=O) groups is 1. The van der Waals surface area contributed by atoms with Crippen LogP contribution in [0.2, 0.25) is 0 Å². The zero-order valence-corrected chi connectivity index (χ0v) is 19.9. The smallest absolute Gasteiger partial charge is 0.257 e. The first-order valence-corrected chi connectivity index (χ1v) is 12.3. The number of fused-ring (bicyclic) bond motifs is 1. The summed E-state index contributed by atoms with van der Waals surface area (Å²) in [5.74, 6) is 0.438. The fourth-order valence-corrected chi connectivity index (χ4v) is 5.20. The molecule has 2 aromatic heterocycles. The van der Waals surface area contributed by atoms with Gasteiger partial charge in [0, 0.05) is 49.1 Å². The van der Waals surface area contributed by atoms with Crippen LogP contribution in [0.15, 0.2) is 30.5 Å². The van der Waals surface area contributed by atoms with Crippen molar-refractivity contribution in [2.24, 2.45) is 0 Å². The van der Waals surface area contributed by atoms with Crippen molar-refractivity contribution in [1.29, 1.82) is 0 Å². The van der Waals surface area contributed by atoms with Crippen LogP contribution in [0.4, 0.5) is 5.13 Å². The van der Waals surface area contributed by atoms with Gasteiger partial charge in [-0.3, -0.25) is 20.0 Å². The number of rotatable bonds is 7. The van der Waals surface area contributed by atoms with Crippen LogP contribution in [0.5, 0.6) is 5.75 Å². The molecule has 0 radical (unpaired) electrons. The molecular weight excluding hydrogens is 456 g/mol. The van der Waals surface area contributed by atoms with Gasteiger partial charge in [0.25, 0.3) is 5.91 Å². The van der Waals surface area contributed by atoms with Gasteiger partial charge in [0.2, 0.25) is 0 Å². The number of pyridine rings is 1. The Morgan fingerprint density at radius 2 is 2.09 bits per heavy atom. The zero-order chi connectivity index (χ0) is 23.3. The van der Waals surface area contributed by atoms with Gasteiger partial charge in [-0.05, 0) is 18.2 Å². The van der Waals surface area contributed by atoms with Gasteiger partial charge in [0.15, 0.2) is 5.13 Å². The van der Waals surface area contributed by atoms with E-state index >= 15 is 0 Å². The number of anilines is 1. The number of thiazole rings is 1. The monoisotopic (exact) mass is 484 g/mol. The van der Waals surface area contributed by atoms with Crippen molar-refractivity contribution in [1.82, 2.24) is 14.9 Å². The largest absolute Gasteiger partial charge is 0.494 e. The summed E-state index contributed by atoms with van der Waals surface area (Å²) in [5, 5.41) is 3.46. The quantitative estimate of drug-likeness (QED) is 0.547. The molecular formula is C24H28N4O5S. The Bertz CT molecular complexity index is 1140. The number of hydrogen-bond acceptors (Lipinski definition) is 9. The lowest BCUT2D eigenvalue weighted by Gasteiger charge is -2.26. The van der Waals surface area contributed by atoms with Gasteiger partial charge in [0.1, 0.15) is 17.4 Å². The molecule has 0 bridgehead atoms. The maximum absolute atomic E-state index is 13.0. The Balaban J connectivity index is 1.32. The van der Waals surface area contributed by atoms with Crippen molar-refractivity contribution in [3.05, 3.63) is 47.3 Å². The van der Waals surface area contributed by atoms with Crippen molar-refractivity contribution in [2.45, 2.75) is 12.5 Å². The highest BCUT2D eigenvalue weighted by molar-refractivity contribution is 7.22. The second-order valence-corrected chi connectivity index (χ2v) is 9.18. The highest BCUT2D eigenvalue weighted by Crippen LogP contribution is 2.39. The molecule has 9 nitrogen and oxygen atoms in total. The summed E-state index contributed by atoms with van der Waals surface area (Å²) in [6, 6.07) is 7.43. The van der Waals surface area contributed by atoms with E-state index in [9.17, 15) is 4.79 Å². The van der Waals surface area contributed by atoms with Crippen LogP contribution in [0.25, 0.3) is 10.2 Å². The van der Waals surface area contributed by atoms with Crippen LogP contribution in [0.1, 0.15) is 27.7 Å². The molecule has 4 heterocycles. The van der Waals surface area contributed by atoms with Crippen LogP contribution in [-0.2, 0) is 20.6 Å². The number of hydrogen-bond donors (Lipinski definition) is 1. The predicted molar refractivity (Wildman–Crippen MR) is 129 cm³/mol. The first kappa shape index (κ1) is 23.1. The number of nitrogens with zero attached hydrogens (tertiary/aromatic N) is 3. The summed E-state index contributed by atoms with van der Waals surface area (Å²) < 4.78 is 23.3. The maximum atomic E-state index is 13.0. The average Bonchev–Trinajstić information content (AvgIpc) is 3.31. The lowest BCUT2D eigenvalue weighted by molar-refractivity contribution is -0.0895. The number of carbonyl (C=O) groups excluding carboxylic acids is 1. The van der Waals surface area contributed by atoms with Gasteiger partial charge < -0.3 is 18.9 Å². The van der Waals surface area contributed by atoms with Crippen molar-refractivity contribution < 1.29 is 23.7 Å². The van der Waals surface area contributed by atoms with E-state index in [1.807, 2.05) is 18.2 Å². The van der Waals surface area contributed by atoms with Crippen LogP contribution in [-0.4, -0.2) is 80.6 Å². The third kappa shape index (κ3) is 5.21. The second kappa shape index (κ2) is 10.7. The molecule has 2 saturated heterocycles. The predicted octanol–water partition coefficient (Wildman–Crippen LogP) is 2.91. The lowest BCUT2D eigenvalue weighted by Crippen LogP contribution is -2.37. The molecule has 0 aliphatic carbocycles. The van der Waals surface area contributed by atoms with E-state index in [-0.39, 0.29) is 12.0 Å². The second-order valence-electron chi connectivity index (χ2n) is 8.18. The van der Waals surface area contributed by atoms with Crippen molar-refractivity contribution in [2.75, 3.05) is 65.1 Å². The molecule has 3 aromatic rings. The number of amides is 1. The molecule has 0 saturated carbocycles. The van der Waals surface area contributed by atoms with Gasteiger partial charge in [-0.25, -0.2) is 4.98 Å². The molecule has 1 amide bonds. The number of morpholine rings is 1. The molecule has 5 rings (SSSR count). The van der Waals surface area contributed by atoms with E-state index < -0.39 is 0 Å². The number of benzene rings is 1. The molecule has 34 heavy (non-hydrogen) atoms. The number of methoxy groups -OCH3 is 1. The van der Waals surface area contributed by atoms with E-state index in [1.54, 1.807) is 19.4 Å². The molecule has 1 atom stereocenters. The molecule has 1 N–H and O–H groups in total. The van der Waals surface area contributed by atoms with E-state index in [2.05, 4.69) is 20.2 Å². The highest BCUT2D eigenvalue weighted by Gasteiger charge is 2.23. The molecule has 2 fully saturated rings. The zero-order valence-electron chi connectivity index (χ0n) is 19.1. The number of aromatic nitrogens is 2. The Morgan fingerprint density at radius 1 is 1.21 bits per heavy atom. The molecule has 1 unspecified atom stereocenters. The standard InChI is InChI=1S/C24H28N4O5S/c1-30-19-3-2-18(20-15-32-12-13-33-20)22-21(19)26-24(34-22)27-23(29)16-4-6-25-17(14-16)5-7-28-8-10-31-11-9-28/h2-4,6,14,20H,5,7-13,15H2,1H3,(H,26,27,29). The minimum absolute atomic E-state index is 0.166. The third-order valence-corrected chi connectivity index (χ3v) is 7.03. The molecule has 2 aliphatic rings. The third-order valence-electron chi connectivity index (χ3n) is 6.01. The van der Waals surface area contributed by atoms with Crippen LogP contribution >= 0.6 is 11.3 Å². The lowest BCUT2D eigenvalue weighted by atomic mass is 10.1. The minimum atomic E-state index is -0.216. The molecule has 10 heteroatoms. The average molecular weight is 485 g/mol. The van der Waals surface area contributed by atoms with Crippen molar-refractivity contribution >= 4 is 32.6 Å². The Labute approximate surface area is 202 Å². The summed E-state index contributed by atoms with van der Waals surface area (Å²) >= 11 is 1.41. The summed E-state index contributed by atoms with van der Waals surface area (Å²) in [7, 11) is 1.61. The molecule has 1 aromatic carbocycles. The SMILES string of the molecule is COc1ccc(C2COCCO2)c2sc(NC(=O)c3ccnc(CCN4CCOCC4)c3)nc12.